The largest absolute Gasteiger partial charge is 0.417 e. The second-order valence-electron chi connectivity index (χ2n) is 4.40. The molecule has 0 bridgehead atoms. The van der Waals surface area contributed by atoms with E-state index >= 15 is 0 Å². The Morgan fingerprint density at radius 3 is 2.40 bits per heavy atom. The molecule has 20 heavy (non-hydrogen) atoms. The van der Waals surface area contributed by atoms with E-state index in [4.69, 9.17) is 5.73 Å². The van der Waals surface area contributed by atoms with E-state index in [2.05, 4.69) is 4.98 Å². The molecular weight excluding hydrogens is 267 g/mol. The molecule has 1 aromatic carbocycles. The number of hydrogen-bond acceptors (Lipinski definition) is 2. The predicted molar refractivity (Wildman–Crippen MR) is 70.0 cm³/mol. The predicted octanol–water partition coefficient (Wildman–Crippen LogP) is 3.60. The van der Waals surface area contributed by atoms with E-state index in [1.807, 2.05) is 30.3 Å². The third-order valence-electron chi connectivity index (χ3n) is 2.98. The third kappa shape index (κ3) is 2.09. The summed E-state index contributed by atoms with van der Waals surface area (Å²) in [6, 6.07) is 10.1. The van der Waals surface area contributed by atoms with Crippen molar-refractivity contribution in [3.63, 3.8) is 0 Å². The number of pyridine rings is 1. The number of imidazole rings is 1. The molecule has 102 valence electrons. The number of alkyl halides is 3. The number of nitrogen functional groups attached to an aromatic ring is 1. The van der Waals surface area contributed by atoms with Crippen LogP contribution in [0.4, 0.5) is 18.9 Å². The van der Waals surface area contributed by atoms with Gasteiger partial charge in [-0.2, -0.15) is 13.2 Å². The number of halogens is 3. The highest BCUT2D eigenvalue weighted by atomic mass is 19.4. The van der Waals surface area contributed by atoms with Crippen molar-refractivity contribution < 1.29 is 13.2 Å². The highest BCUT2D eigenvalue weighted by Crippen LogP contribution is 2.32. The van der Waals surface area contributed by atoms with E-state index in [1.54, 1.807) is 0 Å². The van der Waals surface area contributed by atoms with Crippen molar-refractivity contribution in [2.45, 2.75) is 6.18 Å². The summed E-state index contributed by atoms with van der Waals surface area (Å²) in [5.41, 5.74) is 6.59. The molecule has 3 rings (SSSR count). The summed E-state index contributed by atoms with van der Waals surface area (Å²) < 4.78 is 39.5. The highest BCUT2D eigenvalue weighted by Gasteiger charge is 2.31. The fraction of sp³-hybridized carbons (Fsp3) is 0.0714. The summed E-state index contributed by atoms with van der Waals surface area (Å²) in [4.78, 5) is 4.28. The first-order chi connectivity index (χ1) is 9.45. The summed E-state index contributed by atoms with van der Waals surface area (Å²) in [6.07, 6.45) is -1.90. The molecule has 3 nitrogen and oxygen atoms in total. The van der Waals surface area contributed by atoms with Crippen molar-refractivity contribution in [2.75, 3.05) is 5.73 Å². The van der Waals surface area contributed by atoms with Crippen molar-refractivity contribution in [1.82, 2.24) is 9.38 Å². The van der Waals surface area contributed by atoms with Crippen molar-refractivity contribution in [1.29, 1.82) is 0 Å². The molecule has 0 unspecified atom stereocenters. The summed E-state index contributed by atoms with van der Waals surface area (Å²) >= 11 is 0. The first-order valence-corrected chi connectivity index (χ1v) is 5.86. The Labute approximate surface area is 112 Å². The Hall–Kier alpha value is -2.50. The Morgan fingerprint density at radius 1 is 1.05 bits per heavy atom. The molecule has 0 aliphatic heterocycles. The number of anilines is 1. The first kappa shape index (κ1) is 12.5. The summed E-state index contributed by atoms with van der Waals surface area (Å²) in [6.45, 7) is 0. The number of fused-ring (bicyclic) bond motifs is 1. The minimum Gasteiger partial charge on any atom is -0.396 e. The lowest BCUT2D eigenvalue weighted by Gasteiger charge is -2.08. The monoisotopic (exact) mass is 277 g/mol. The van der Waals surface area contributed by atoms with Gasteiger partial charge in [-0.1, -0.05) is 30.3 Å². The SMILES string of the molecule is Nc1cc(C(F)(F)F)cn2cc(-c3ccccc3)nc12. The lowest BCUT2D eigenvalue weighted by atomic mass is 10.2. The number of rotatable bonds is 1. The van der Waals surface area contributed by atoms with Gasteiger partial charge in [-0.25, -0.2) is 4.98 Å². The van der Waals surface area contributed by atoms with Crippen LogP contribution in [0.3, 0.4) is 0 Å². The van der Waals surface area contributed by atoms with E-state index in [-0.39, 0.29) is 5.69 Å². The van der Waals surface area contributed by atoms with Gasteiger partial charge in [0, 0.05) is 18.0 Å². The fourth-order valence-corrected chi connectivity index (χ4v) is 2.03. The summed E-state index contributed by atoms with van der Waals surface area (Å²) in [5, 5.41) is 0. The Morgan fingerprint density at radius 2 is 1.75 bits per heavy atom. The standard InChI is InChI=1S/C14H10F3N3/c15-14(16,17)10-6-11(18)13-19-12(8-20(13)7-10)9-4-2-1-3-5-9/h1-8H,18H2. The number of hydrogen-bond donors (Lipinski definition) is 1. The van der Waals surface area contributed by atoms with Gasteiger partial charge >= 0.3 is 6.18 Å². The molecular formula is C14H10F3N3. The number of nitrogens with two attached hydrogens (primary N) is 1. The number of benzene rings is 1. The molecule has 2 heterocycles. The molecule has 3 aromatic rings. The van der Waals surface area contributed by atoms with Crippen LogP contribution in [0.2, 0.25) is 0 Å². The molecule has 0 fully saturated rings. The molecule has 0 atom stereocenters. The van der Waals surface area contributed by atoms with Gasteiger partial charge in [0.25, 0.3) is 0 Å². The molecule has 0 spiro atoms. The maximum Gasteiger partial charge on any atom is 0.417 e. The molecule has 2 N–H and O–H groups in total. The number of nitrogens with zero attached hydrogens (tertiary/aromatic N) is 2. The zero-order valence-corrected chi connectivity index (χ0v) is 10.2. The second kappa shape index (κ2) is 4.26. The zero-order chi connectivity index (χ0) is 14.3. The minimum absolute atomic E-state index is 0.00186. The van der Waals surface area contributed by atoms with E-state index in [9.17, 15) is 13.2 Å². The van der Waals surface area contributed by atoms with Gasteiger partial charge in [0.15, 0.2) is 5.65 Å². The maximum absolute atomic E-state index is 12.7. The molecule has 0 amide bonds. The van der Waals surface area contributed by atoms with Crippen molar-refractivity contribution in [3.8, 4) is 11.3 Å². The molecule has 6 heteroatoms. The highest BCUT2D eigenvalue weighted by molar-refractivity contribution is 5.71. The van der Waals surface area contributed by atoms with Gasteiger partial charge in [0.05, 0.1) is 16.9 Å². The molecule has 0 aliphatic rings. The molecule has 0 saturated carbocycles. The molecule has 0 radical (unpaired) electrons. The van der Waals surface area contributed by atoms with Crippen LogP contribution in [0.15, 0.2) is 48.8 Å². The summed E-state index contributed by atoms with van der Waals surface area (Å²) in [5.74, 6) is 0. The second-order valence-corrected chi connectivity index (χ2v) is 4.40. The van der Waals surface area contributed by atoms with E-state index < -0.39 is 11.7 Å². The minimum atomic E-state index is -4.43. The average Bonchev–Trinajstić information content (AvgIpc) is 2.83. The number of aromatic nitrogens is 2. The van der Waals surface area contributed by atoms with Gasteiger partial charge in [-0.05, 0) is 6.07 Å². The first-order valence-electron chi connectivity index (χ1n) is 5.86. The van der Waals surface area contributed by atoms with E-state index in [0.29, 0.717) is 11.3 Å². The smallest absolute Gasteiger partial charge is 0.396 e. The van der Waals surface area contributed by atoms with Crippen LogP contribution in [-0.2, 0) is 6.18 Å². The molecule has 2 aromatic heterocycles. The van der Waals surface area contributed by atoms with E-state index in [0.717, 1.165) is 17.8 Å². The Kier molecular flexibility index (Phi) is 2.67. The Balaban J connectivity index is 2.19. The zero-order valence-electron chi connectivity index (χ0n) is 10.2. The van der Waals surface area contributed by atoms with Crippen LogP contribution in [0.25, 0.3) is 16.9 Å². The van der Waals surface area contributed by atoms with Crippen LogP contribution < -0.4 is 5.73 Å². The topological polar surface area (TPSA) is 43.3 Å². The van der Waals surface area contributed by atoms with Crippen LogP contribution in [0.5, 0.6) is 0 Å². The van der Waals surface area contributed by atoms with Gasteiger partial charge < -0.3 is 10.1 Å². The van der Waals surface area contributed by atoms with Gasteiger partial charge in [-0.15, -0.1) is 0 Å². The Bertz CT molecular complexity index is 760. The quantitative estimate of drug-likeness (QED) is 0.738. The van der Waals surface area contributed by atoms with Crippen LogP contribution in [-0.4, -0.2) is 9.38 Å². The van der Waals surface area contributed by atoms with Crippen molar-refractivity contribution in [3.05, 3.63) is 54.4 Å². The van der Waals surface area contributed by atoms with Gasteiger partial charge in [0.1, 0.15) is 0 Å². The molecule has 0 saturated heterocycles. The maximum atomic E-state index is 12.7. The fourth-order valence-electron chi connectivity index (χ4n) is 2.03. The van der Waals surface area contributed by atoms with Crippen LogP contribution in [0.1, 0.15) is 5.56 Å². The lowest BCUT2D eigenvalue weighted by molar-refractivity contribution is -0.137. The normalized spacial score (nSPS) is 11.9. The third-order valence-corrected chi connectivity index (χ3v) is 2.98. The lowest BCUT2D eigenvalue weighted by Crippen LogP contribution is -2.07. The van der Waals surface area contributed by atoms with Gasteiger partial charge in [-0.3, -0.25) is 0 Å². The summed E-state index contributed by atoms with van der Waals surface area (Å²) in [7, 11) is 0. The van der Waals surface area contributed by atoms with Crippen molar-refractivity contribution in [2.24, 2.45) is 0 Å². The van der Waals surface area contributed by atoms with Crippen LogP contribution >= 0.6 is 0 Å². The van der Waals surface area contributed by atoms with E-state index in [1.165, 1.54) is 10.6 Å². The molecule has 0 aliphatic carbocycles. The van der Waals surface area contributed by atoms with Gasteiger partial charge in [0.2, 0.25) is 0 Å². The average molecular weight is 277 g/mol. The van der Waals surface area contributed by atoms with Crippen molar-refractivity contribution >= 4 is 11.3 Å². The van der Waals surface area contributed by atoms with Crippen LogP contribution in [0, 0.1) is 0 Å².